The molecular weight excluding hydrogens is 536 g/mol. The number of rotatable bonds is 19. The molecule has 41 heavy (non-hydrogen) atoms. The lowest BCUT2D eigenvalue weighted by Gasteiger charge is -2.27. The summed E-state index contributed by atoms with van der Waals surface area (Å²) in [5.74, 6) is -1.78. The lowest BCUT2D eigenvalue weighted by Crippen LogP contribution is -2.54. The molecule has 1 saturated heterocycles. The molecular formula is C29H42N2O10. The maximum Gasteiger partial charge on any atom is 0.262 e. The fraction of sp³-hybridized carbons (Fsp3) is 0.655. The van der Waals surface area contributed by atoms with Crippen molar-refractivity contribution in [3.05, 3.63) is 29.3 Å². The number of hydrogen-bond acceptors (Lipinski definition) is 10. The van der Waals surface area contributed by atoms with Gasteiger partial charge in [-0.1, -0.05) is 20.8 Å². The van der Waals surface area contributed by atoms with Gasteiger partial charge in [-0.05, 0) is 36.5 Å². The molecule has 0 spiro atoms. The van der Waals surface area contributed by atoms with Crippen molar-refractivity contribution in [3.63, 3.8) is 0 Å². The molecule has 0 bridgehead atoms. The van der Waals surface area contributed by atoms with Crippen LogP contribution in [0.3, 0.4) is 0 Å². The van der Waals surface area contributed by atoms with Crippen molar-refractivity contribution >= 4 is 23.6 Å². The number of nitrogens with zero attached hydrogens (tertiary/aromatic N) is 1. The highest BCUT2D eigenvalue weighted by molar-refractivity contribution is 6.23. The van der Waals surface area contributed by atoms with Gasteiger partial charge in [0.1, 0.15) is 18.4 Å². The molecule has 1 fully saturated rings. The number of hydrogen-bond donors (Lipinski definition) is 1. The molecule has 1 N–H and O–H groups in total. The van der Waals surface area contributed by atoms with Crippen LogP contribution in [0.15, 0.2) is 18.2 Å². The first-order chi connectivity index (χ1) is 19.7. The molecule has 3 rings (SSSR count). The summed E-state index contributed by atoms with van der Waals surface area (Å²) in [7, 11) is 0. The molecule has 0 saturated carbocycles. The van der Waals surface area contributed by atoms with Crippen molar-refractivity contribution < 1.29 is 47.6 Å². The fourth-order valence-electron chi connectivity index (χ4n) is 4.12. The quantitative estimate of drug-likeness (QED) is 0.192. The minimum Gasteiger partial charge on any atom is -0.491 e. The first kappa shape index (κ1) is 32.6. The Hall–Kier alpha value is -2.90. The molecule has 0 radical (unpaired) electrons. The summed E-state index contributed by atoms with van der Waals surface area (Å²) in [6, 6.07) is 3.58. The normalized spacial score (nSPS) is 17.2. The number of fused-ring (bicyclic) bond motifs is 1. The molecule has 1 aromatic rings. The highest BCUT2D eigenvalue weighted by atomic mass is 16.6. The second kappa shape index (κ2) is 16.5. The average molecular weight is 579 g/mol. The van der Waals surface area contributed by atoms with Crippen molar-refractivity contribution in [2.75, 3.05) is 72.7 Å². The summed E-state index contributed by atoms with van der Waals surface area (Å²) in [4.78, 5) is 50.1. The highest BCUT2D eigenvalue weighted by Crippen LogP contribution is 2.30. The van der Waals surface area contributed by atoms with Gasteiger partial charge in [0.15, 0.2) is 0 Å². The minimum absolute atomic E-state index is 0.0708. The largest absolute Gasteiger partial charge is 0.491 e. The summed E-state index contributed by atoms with van der Waals surface area (Å²) in [5, 5.41) is 2.18. The molecule has 2 aliphatic heterocycles. The van der Waals surface area contributed by atoms with Crippen LogP contribution in [0.5, 0.6) is 5.75 Å². The zero-order chi connectivity index (χ0) is 29.7. The SMILES string of the molecule is CC(C)(C)CCOCCOCCOCCOCCOCCOc1ccc2c(c1)C(=O)N(C1CCC(=O)NC1=O)C2=O. The zero-order valence-electron chi connectivity index (χ0n) is 24.2. The molecule has 0 aromatic heterocycles. The van der Waals surface area contributed by atoms with Gasteiger partial charge in [-0.3, -0.25) is 29.4 Å². The summed E-state index contributed by atoms with van der Waals surface area (Å²) >= 11 is 0. The van der Waals surface area contributed by atoms with Gasteiger partial charge in [0.25, 0.3) is 11.8 Å². The van der Waals surface area contributed by atoms with Crippen LogP contribution in [0.1, 0.15) is 60.7 Å². The van der Waals surface area contributed by atoms with Gasteiger partial charge in [-0.2, -0.15) is 0 Å². The predicted octanol–water partition coefficient (Wildman–Crippen LogP) is 1.99. The number of nitrogens with one attached hydrogen (secondary N) is 1. The Kier molecular flexibility index (Phi) is 13.1. The van der Waals surface area contributed by atoms with Crippen LogP contribution >= 0.6 is 0 Å². The third kappa shape index (κ3) is 10.8. The Morgan fingerprint density at radius 2 is 1.24 bits per heavy atom. The Morgan fingerprint density at radius 3 is 1.78 bits per heavy atom. The second-order valence-corrected chi connectivity index (χ2v) is 10.9. The number of carbonyl (C=O) groups is 4. The Bertz CT molecular complexity index is 1040. The van der Waals surface area contributed by atoms with Crippen molar-refractivity contribution in [2.24, 2.45) is 5.41 Å². The van der Waals surface area contributed by atoms with E-state index in [2.05, 4.69) is 26.1 Å². The first-order valence-corrected chi connectivity index (χ1v) is 14.0. The van der Waals surface area contributed by atoms with Gasteiger partial charge in [-0.15, -0.1) is 0 Å². The smallest absolute Gasteiger partial charge is 0.262 e. The van der Waals surface area contributed by atoms with Gasteiger partial charge in [0.2, 0.25) is 11.8 Å². The number of piperidine rings is 1. The standard InChI is InChI=1S/C29H42N2O10/c1-29(2,3)8-9-36-10-11-37-12-13-38-14-15-39-16-17-40-18-19-41-21-4-5-22-23(20-21)28(35)31(27(22)34)24-6-7-25(32)30-26(24)33/h4-5,20,24H,6-19H2,1-3H3,(H,30,32,33). The van der Waals surface area contributed by atoms with Crippen LogP contribution in [-0.2, 0) is 33.3 Å². The average Bonchev–Trinajstić information content (AvgIpc) is 3.16. The van der Waals surface area contributed by atoms with Crippen LogP contribution in [0.4, 0.5) is 0 Å². The van der Waals surface area contributed by atoms with E-state index < -0.39 is 29.7 Å². The van der Waals surface area contributed by atoms with Gasteiger partial charge >= 0.3 is 0 Å². The van der Waals surface area contributed by atoms with Crippen LogP contribution in [0.25, 0.3) is 0 Å². The van der Waals surface area contributed by atoms with Crippen LogP contribution < -0.4 is 10.1 Å². The summed E-state index contributed by atoms with van der Waals surface area (Å²) in [6.07, 6.45) is 1.20. The molecule has 4 amide bonds. The molecule has 0 aliphatic carbocycles. The van der Waals surface area contributed by atoms with Crippen molar-refractivity contribution in [1.82, 2.24) is 10.2 Å². The molecule has 12 nitrogen and oxygen atoms in total. The number of benzene rings is 1. The Labute approximate surface area is 240 Å². The van der Waals surface area contributed by atoms with Crippen molar-refractivity contribution in [2.45, 2.75) is 46.1 Å². The van der Waals surface area contributed by atoms with Crippen LogP contribution in [0.2, 0.25) is 0 Å². The van der Waals surface area contributed by atoms with E-state index >= 15 is 0 Å². The fourth-order valence-corrected chi connectivity index (χ4v) is 4.12. The van der Waals surface area contributed by atoms with E-state index in [0.29, 0.717) is 65.2 Å². The third-order valence-corrected chi connectivity index (χ3v) is 6.39. The molecule has 1 atom stereocenters. The molecule has 1 unspecified atom stereocenters. The minimum atomic E-state index is -1.00. The van der Waals surface area contributed by atoms with E-state index in [1.54, 1.807) is 6.07 Å². The van der Waals surface area contributed by atoms with Gasteiger partial charge in [0.05, 0.1) is 70.6 Å². The van der Waals surface area contributed by atoms with E-state index in [4.69, 9.17) is 28.4 Å². The first-order valence-electron chi connectivity index (χ1n) is 14.0. The van der Waals surface area contributed by atoms with Crippen molar-refractivity contribution in [3.8, 4) is 5.75 Å². The monoisotopic (exact) mass is 578 g/mol. The maximum absolute atomic E-state index is 12.9. The summed E-state index contributed by atoms with van der Waals surface area (Å²) in [6.45, 7) is 11.7. The number of imide groups is 2. The molecule has 2 heterocycles. The highest BCUT2D eigenvalue weighted by Gasteiger charge is 2.44. The lowest BCUT2D eigenvalue weighted by atomic mass is 9.93. The van der Waals surface area contributed by atoms with Crippen molar-refractivity contribution in [1.29, 1.82) is 0 Å². The second-order valence-electron chi connectivity index (χ2n) is 10.9. The summed E-state index contributed by atoms with van der Waals surface area (Å²) in [5.41, 5.74) is 0.650. The molecule has 12 heteroatoms. The van der Waals surface area contributed by atoms with Crippen LogP contribution in [0, 0.1) is 5.41 Å². The van der Waals surface area contributed by atoms with E-state index in [-0.39, 0.29) is 36.0 Å². The van der Waals surface area contributed by atoms with Gasteiger partial charge in [0, 0.05) is 13.0 Å². The molecule has 2 aliphatic rings. The lowest BCUT2D eigenvalue weighted by molar-refractivity contribution is -0.136. The van der Waals surface area contributed by atoms with Gasteiger partial charge in [-0.25, -0.2) is 0 Å². The van der Waals surface area contributed by atoms with E-state index in [1.807, 2.05) is 0 Å². The third-order valence-electron chi connectivity index (χ3n) is 6.39. The number of amides is 4. The van der Waals surface area contributed by atoms with E-state index in [1.165, 1.54) is 12.1 Å². The van der Waals surface area contributed by atoms with Gasteiger partial charge < -0.3 is 28.4 Å². The maximum atomic E-state index is 12.9. The molecule has 228 valence electrons. The van der Waals surface area contributed by atoms with E-state index in [0.717, 1.165) is 17.9 Å². The Morgan fingerprint density at radius 1 is 0.732 bits per heavy atom. The van der Waals surface area contributed by atoms with Crippen LogP contribution in [-0.4, -0.2) is 107 Å². The molecule has 1 aromatic carbocycles. The number of carbonyl (C=O) groups excluding carboxylic acids is 4. The topological polar surface area (TPSA) is 139 Å². The van der Waals surface area contributed by atoms with E-state index in [9.17, 15) is 19.2 Å². The summed E-state index contributed by atoms with van der Waals surface area (Å²) < 4.78 is 33.1. The zero-order valence-corrected chi connectivity index (χ0v) is 24.2. The Balaban J connectivity index is 1.18. The number of ether oxygens (including phenoxy) is 6. The predicted molar refractivity (Wildman–Crippen MR) is 147 cm³/mol.